The first kappa shape index (κ1) is 30.1. The van der Waals surface area contributed by atoms with Crippen molar-refractivity contribution in [3.8, 4) is 16.8 Å². The second kappa shape index (κ2) is 12.2. The SMILES string of the molecule is C=C(/C=C\C=C/C)C1=NC(c2cccc(-c3cccc4c3c3ccccc3n4-c3ccccc3)c2)Nc2ccc3c(c21)c1ccccc1[s+]3C. The van der Waals surface area contributed by atoms with Gasteiger partial charge in [-0.15, -0.1) is 0 Å². The lowest BCUT2D eigenvalue weighted by Gasteiger charge is -2.27. The lowest BCUT2D eigenvalue weighted by molar-refractivity contribution is 0.830. The number of anilines is 1. The number of aliphatic imine (C=N–C) groups is 1. The van der Waals surface area contributed by atoms with Gasteiger partial charge in [0.05, 0.1) is 22.1 Å². The minimum Gasteiger partial charge on any atom is -0.359 e. The summed E-state index contributed by atoms with van der Waals surface area (Å²) in [6.07, 6.45) is 10.3. The van der Waals surface area contributed by atoms with E-state index in [1.807, 2.05) is 19.1 Å². The topological polar surface area (TPSA) is 29.3 Å². The van der Waals surface area contributed by atoms with Crippen molar-refractivity contribution in [1.29, 1.82) is 0 Å². The Kier molecular flexibility index (Phi) is 7.33. The number of nitrogens with one attached hydrogen (secondary N) is 1. The number of para-hydroxylation sites is 2. The number of benzene rings is 6. The summed E-state index contributed by atoms with van der Waals surface area (Å²) in [6, 6.07) is 48.3. The maximum Gasteiger partial charge on any atom is 0.182 e. The molecule has 0 saturated heterocycles. The third kappa shape index (κ3) is 4.75. The third-order valence-electron chi connectivity index (χ3n) is 9.90. The van der Waals surface area contributed by atoms with Gasteiger partial charge in [-0.25, -0.2) is 0 Å². The Morgan fingerprint density at radius 2 is 1.50 bits per heavy atom. The molecular formula is C46H36N3S+. The van der Waals surface area contributed by atoms with Gasteiger partial charge in [-0.1, -0.05) is 110 Å². The molecular weight excluding hydrogens is 627 g/mol. The van der Waals surface area contributed by atoms with Crippen LogP contribution in [0.5, 0.6) is 0 Å². The molecule has 3 heterocycles. The summed E-state index contributed by atoms with van der Waals surface area (Å²) in [6.45, 7) is 6.58. The number of thiophene rings is 1. The largest absolute Gasteiger partial charge is 0.359 e. The average Bonchev–Trinajstić information content (AvgIpc) is 3.67. The summed E-state index contributed by atoms with van der Waals surface area (Å²) in [4.78, 5) is 5.47. The van der Waals surface area contributed by atoms with E-state index in [2.05, 4.69) is 168 Å². The molecule has 0 aliphatic carbocycles. The lowest BCUT2D eigenvalue weighted by Crippen LogP contribution is -2.21. The number of fused-ring (bicyclic) bond motifs is 8. The highest BCUT2D eigenvalue weighted by molar-refractivity contribution is 7.41. The van der Waals surface area contributed by atoms with Crippen LogP contribution in [0, 0.1) is 0 Å². The van der Waals surface area contributed by atoms with E-state index in [0.29, 0.717) is 0 Å². The third-order valence-corrected chi connectivity index (χ3v) is 11.9. The van der Waals surface area contributed by atoms with Gasteiger partial charge in [0.15, 0.2) is 9.40 Å². The molecule has 8 aromatic rings. The van der Waals surface area contributed by atoms with Crippen molar-refractivity contribution in [2.24, 2.45) is 11.2 Å². The zero-order valence-electron chi connectivity index (χ0n) is 28.1. The van der Waals surface area contributed by atoms with Gasteiger partial charge in [0.2, 0.25) is 0 Å². The molecule has 240 valence electrons. The highest BCUT2D eigenvalue weighted by Gasteiger charge is 2.30. The number of allylic oxidation sites excluding steroid dienone is 5. The minimum atomic E-state index is -0.274. The molecule has 0 saturated carbocycles. The molecule has 4 heteroatoms. The highest BCUT2D eigenvalue weighted by Crippen LogP contribution is 2.47. The maximum absolute atomic E-state index is 5.47. The zero-order valence-corrected chi connectivity index (χ0v) is 28.9. The first-order valence-corrected chi connectivity index (χ1v) is 18.7. The fourth-order valence-corrected chi connectivity index (χ4v) is 9.47. The van der Waals surface area contributed by atoms with Crippen LogP contribution < -0.4 is 5.32 Å². The van der Waals surface area contributed by atoms with Crippen LogP contribution in [0.25, 0.3) is 58.8 Å². The van der Waals surface area contributed by atoms with E-state index in [1.165, 1.54) is 47.5 Å². The Labute approximate surface area is 294 Å². The summed E-state index contributed by atoms with van der Waals surface area (Å²) < 4.78 is 5.13. The van der Waals surface area contributed by atoms with Gasteiger partial charge in [0.25, 0.3) is 0 Å². The van der Waals surface area contributed by atoms with Crippen molar-refractivity contribution in [2.75, 3.05) is 5.32 Å². The van der Waals surface area contributed by atoms with Crippen LogP contribution in [0.3, 0.4) is 0 Å². The second-order valence-electron chi connectivity index (χ2n) is 12.8. The molecule has 50 heavy (non-hydrogen) atoms. The van der Waals surface area contributed by atoms with Crippen molar-refractivity contribution >= 4 is 63.8 Å². The van der Waals surface area contributed by atoms with Crippen LogP contribution in [0.15, 0.2) is 175 Å². The first-order chi connectivity index (χ1) is 24.6. The molecule has 6 aromatic carbocycles. The van der Waals surface area contributed by atoms with E-state index in [9.17, 15) is 0 Å². The molecule has 0 bridgehead atoms. The number of nitrogens with zero attached hydrogens (tertiary/aromatic N) is 2. The van der Waals surface area contributed by atoms with E-state index in [0.717, 1.165) is 39.3 Å². The Bertz CT molecular complexity index is 2720. The average molecular weight is 663 g/mol. The van der Waals surface area contributed by atoms with Crippen LogP contribution in [-0.2, 0) is 6.26 Å². The van der Waals surface area contributed by atoms with Gasteiger partial charge in [0.1, 0.15) is 12.4 Å². The zero-order chi connectivity index (χ0) is 33.8. The lowest BCUT2D eigenvalue weighted by atomic mass is 9.93. The molecule has 1 aliphatic heterocycles. The smallest absolute Gasteiger partial charge is 0.182 e. The minimum absolute atomic E-state index is 0.000712. The molecule has 0 radical (unpaired) electrons. The monoisotopic (exact) mass is 662 g/mol. The number of rotatable bonds is 6. The molecule has 1 N–H and O–H groups in total. The predicted molar refractivity (Wildman–Crippen MR) is 217 cm³/mol. The summed E-state index contributed by atoms with van der Waals surface area (Å²) in [5.74, 6) is 0. The normalized spacial score (nSPS) is 15.0. The van der Waals surface area contributed by atoms with Crippen LogP contribution in [0.2, 0.25) is 0 Å². The van der Waals surface area contributed by atoms with Crippen LogP contribution >= 0.6 is 10.5 Å². The molecule has 0 amide bonds. The molecule has 9 rings (SSSR count). The Balaban J connectivity index is 1.21. The number of hydrogen-bond acceptors (Lipinski definition) is 2. The summed E-state index contributed by atoms with van der Waals surface area (Å²) in [5.41, 5.74) is 11.1. The van der Waals surface area contributed by atoms with Crippen LogP contribution in [-0.4, -0.2) is 10.3 Å². The van der Waals surface area contributed by atoms with Crippen LogP contribution in [0.1, 0.15) is 24.2 Å². The number of aromatic nitrogens is 1. The van der Waals surface area contributed by atoms with E-state index in [4.69, 9.17) is 4.99 Å². The van der Waals surface area contributed by atoms with Crippen molar-refractivity contribution in [1.82, 2.24) is 4.57 Å². The number of hydrogen-bond donors (Lipinski definition) is 1. The van der Waals surface area contributed by atoms with Gasteiger partial charge in [-0.05, 0) is 88.2 Å². The highest BCUT2D eigenvalue weighted by atomic mass is 32.2. The van der Waals surface area contributed by atoms with Gasteiger partial charge in [-0.2, -0.15) is 0 Å². The summed E-state index contributed by atoms with van der Waals surface area (Å²) >= 11 is 0. The predicted octanol–water partition coefficient (Wildman–Crippen LogP) is 12.6. The standard InChI is InChI=1S/C46H36N3S/c1-4-5-7-16-30(2)45-44-37(27-28-41-43(44)36-22-11-13-26-40(36)50(41)3)47-46(48-45)32-18-14-17-31(29-32)34-23-15-25-39-42(34)35-21-10-12-24-38(35)49(39)33-19-8-6-9-20-33/h4-29,46-47H,2H2,1,3H3/q+1/b5-4-,16-7-. The van der Waals surface area contributed by atoms with E-state index < -0.39 is 0 Å². The maximum atomic E-state index is 5.47. The van der Waals surface area contributed by atoms with Gasteiger partial charge in [-0.3, -0.25) is 4.99 Å². The van der Waals surface area contributed by atoms with Gasteiger partial charge < -0.3 is 9.88 Å². The Hall–Kier alpha value is -5.97. The van der Waals surface area contributed by atoms with E-state index in [1.54, 1.807) is 0 Å². The van der Waals surface area contributed by atoms with E-state index >= 15 is 0 Å². The van der Waals surface area contributed by atoms with Gasteiger partial charge >= 0.3 is 0 Å². The molecule has 0 fully saturated rings. The summed E-state index contributed by atoms with van der Waals surface area (Å²) in [5, 5.41) is 8.92. The Morgan fingerprint density at radius 3 is 2.36 bits per heavy atom. The Morgan fingerprint density at radius 1 is 0.740 bits per heavy atom. The quantitative estimate of drug-likeness (QED) is 0.139. The van der Waals surface area contributed by atoms with Crippen molar-refractivity contribution in [2.45, 2.75) is 13.1 Å². The molecule has 0 spiro atoms. The summed E-state index contributed by atoms with van der Waals surface area (Å²) in [7, 11) is -0.000712. The fraction of sp³-hybridized carbons (Fsp3) is 0.0652. The number of aryl methyl sites for hydroxylation is 1. The van der Waals surface area contributed by atoms with Crippen molar-refractivity contribution < 1.29 is 0 Å². The van der Waals surface area contributed by atoms with Crippen molar-refractivity contribution in [3.05, 3.63) is 181 Å². The first-order valence-electron chi connectivity index (χ1n) is 17.1. The van der Waals surface area contributed by atoms with Crippen molar-refractivity contribution in [3.63, 3.8) is 0 Å². The van der Waals surface area contributed by atoms with Crippen LogP contribution in [0.4, 0.5) is 5.69 Å². The van der Waals surface area contributed by atoms with Gasteiger partial charge in [0, 0.05) is 39.2 Å². The van der Waals surface area contributed by atoms with E-state index in [-0.39, 0.29) is 16.6 Å². The molecule has 1 aliphatic rings. The second-order valence-corrected chi connectivity index (χ2v) is 14.7. The molecule has 2 unspecified atom stereocenters. The molecule has 2 aromatic heterocycles. The molecule has 3 nitrogen and oxygen atoms in total. The fourth-order valence-electron chi connectivity index (χ4n) is 7.66. The molecule has 2 atom stereocenters.